The van der Waals surface area contributed by atoms with Gasteiger partial charge in [-0.1, -0.05) is 12.1 Å². The van der Waals surface area contributed by atoms with E-state index < -0.39 is 24.1 Å². The van der Waals surface area contributed by atoms with E-state index in [1.165, 1.54) is 18.3 Å². The van der Waals surface area contributed by atoms with Crippen LogP contribution in [0.25, 0.3) is 10.2 Å². The van der Waals surface area contributed by atoms with E-state index in [1.54, 1.807) is 0 Å². The van der Waals surface area contributed by atoms with Gasteiger partial charge in [0, 0.05) is 0 Å². The molecule has 0 saturated heterocycles. The van der Waals surface area contributed by atoms with Gasteiger partial charge in [-0.15, -0.1) is 11.3 Å². The minimum Gasteiger partial charge on any atom is -0.453 e. The van der Waals surface area contributed by atoms with Crippen molar-refractivity contribution in [1.29, 1.82) is 0 Å². The molecule has 0 saturated carbocycles. The van der Waals surface area contributed by atoms with Crippen LogP contribution in [-0.4, -0.2) is 42.8 Å². The molecule has 0 aliphatic rings. The Kier molecular flexibility index (Phi) is 6.21. The first-order chi connectivity index (χ1) is 11.5. The molecule has 1 aromatic carbocycles. The van der Waals surface area contributed by atoms with E-state index in [2.05, 4.69) is 9.72 Å². The third-order valence-corrected chi connectivity index (χ3v) is 3.88. The summed E-state index contributed by atoms with van der Waals surface area (Å²) in [5.74, 6) is -1.50. The molecule has 1 N–H and O–H groups in total. The van der Waals surface area contributed by atoms with Crippen molar-refractivity contribution in [3.8, 4) is 0 Å². The molecule has 128 valence electrons. The second-order valence-electron chi connectivity index (χ2n) is 4.68. The lowest BCUT2D eigenvalue weighted by molar-refractivity contribution is -0.159. The third-order valence-electron chi connectivity index (χ3n) is 2.87. The number of imide groups is 1. The number of amides is 2. The summed E-state index contributed by atoms with van der Waals surface area (Å²) in [7, 11) is 1.12. The van der Waals surface area contributed by atoms with Gasteiger partial charge < -0.3 is 14.2 Å². The SMILES string of the molecule is COC(=O)NC(=O)[C@H](C)OC(=O)COCc1nc2ccccc2s1. The van der Waals surface area contributed by atoms with E-state index in [1.807, 2.05) is 29.6 Å². The second-order valence-corrected chi connectivity index (χ2v) is 5.80. The lowest BCUT2D eigenvalue weighted by atomic mass is 10.3. The number of thiazole rings is 1. The number of carbonyl (C=O) groups is 3. The molecule has 1 atom stereocenters. The van der Waals surface area contributed by atoms with Crippen molar-refractivity contribution in [2.24, 2.45) is 0 Å². The number of carbonyl (C=O) groups excluding carboxylic acids is 3. The number of ether oxygens (including phenoxy) is 3. The Morgan fingerprint density at radius 3 is 2.75 bits per heavy atom. The van der Waals surface area contributed by atoms with Crippen molar-refractivity contribution in [2.45, 2.75) is 19.6 Å². The maximum Gasteiger partial charge on any atom is 0.413 e. The average molecular weight is 352 g/mol. The largest absolute Gasteiger partial charge is 0.453 e. The summed E-state index contributed by atoms with van der Waals surface area (Å²) in [6, 6.07) is 7.66. The first-order valence-electron chi connectivity index (χ1n) is 7.00. The van der Waals surface area contributed by atoms with Crippen LogP contribution in [-0.2, 0) is 30.4 Å². The molecule has 0 bridgehead atoms. The molecule has 2 aromatic rings. The van der Waals surface area contributed by atoms with Crippen molar-refractivity contribution in [3.63, 3.8) is 0 Å². The predicted molar refractivity (Wildman–Crippen MR) is 85.4 cm³/mol. The van der Waals surface area contributed by atoms with E-state index in [9.17, 15) is 14.4 Å². The molecule has 24 heavy (non-hydrogen) atoms. The van der Waals surface area contributed by atoms with E-state index in [-0.39, 0.29) is 13.2 Å². The Balaban J connectivity index is 1.74. The first kappa shape index (κ1) is 17.8. The maximum atomic E-state index is 11.6. The van der Waals surface area contributed by atoms with Gasteiger partial charge in [0.1, 0.15) is 11.6 Å². The van der Waals surface area contributed by atoms with Gasteiger partial charge in [-0.05, 0) is 19.1 Å². The lowest BCUT2D eigenvalue weighted by Gasteiger charge is -2.12. The van der Waals surface area contributed by atoms with Gasteiger partial charge in [-0.25, -0.2) is 14.6 Å². The number of methoxy groups -OCH3 is 1. The van der Waals surface area contributed by atoms with Crippen LogP contribution >= 0.6 is 11.3 Å². The van der Waals surface area contributed by atoms with Crippen LogP contribution in [0.4, 0.5) is 4.79 Å². The molecule has 0 spiro atoms. The molecule has 0 radical (unpaired) electrons. The summed E-state index contributed by atoms with van der Waals surface area (Å²) in [5, 5.41) is 2.64. The number of nitrogens with one attached hydrogen (secondary N) is 1. The van der Waals surface area contributed by atoms with Crippen molar-refractivity contribution in [3.05, 3.63) is 29.3 Å². The molecule has 2 rings (SSSR count). The molecule has 1 heterocycles. The second kappa shape index (κ2) is 8.37. The molecular formula is C15H16N2O6S. The topological polar surface area (TPSA) is 104 Å². The minimum atomic E-state index is -1.14. The van der Waals surface area contributed by atoms with Gasteiger partial charge in [0.25, 0.3) is 5.91 Å². The monoisotopic (exact) mass is 352 g/mol. The zero-order chi connectivity index (χ0) is 17.5. The molecule has 2 amide bonds. The number of nitrogens with zero attached hydrogens (tertiary/aromatic N) is 1. The van der Waals surface area contributed by atoms with E-state index >= 15 is 0 Å². The van der Waals surface area contributed by atoms with E-state index in [0.29, 0.717) is 0 Å². The first-order valence-corrected chi connectivity index (χ1v) is 7.81. The number of aromatic nitrogens is 1. The van der Waals surface area contributed by atoms with Crippen LogP contribution in [0, 0.1) is 0 Å². The van der Waals surface area contributed by atoms with Crippen LogP contribution in [0.2, 0.25) is 0 Å². The van der Waals surface area contributed by atoms with Crippen molar-refractivity contribution in [1.82, 2.24) is 10.3 Å². The predicted octanol–water partition coefficient (Wildman–Crippen LogP) is 1.63. The molecule has 0 fully saturated rings. The summed E-state index contributed by atoms with van der Waals surface area (Å²) in [4.78, 5) is 38.4. The van der Waals surface area contributed by atoms with Gasteiger partial charge >= 0.3 is 12.1 Å². The Bertz CT molecular complexity index is 711. The molecule has 9 heteroatoms. The smallest absolute Gasteiger partial charge is 0.413 e. The molecular weight excluding hydrogens is 336 g/mol. The fourth-order valence-electron chi connectivity index (χ4n) is 1.74. The van der Waals surface area contributed by atoms with Crippen LogP contribution in [0.3, 0.4) is 0 Å². The van der Waals surface area contributed by atoms with Crippen molar-refractivity contribution < 1.29 is 28.6 Å². The fraction of sp³-hybridized carbons (Fsp3) is 0.333. The number of alkyl carbamates (subject to hydrolysis) is 1. The Morgan fingerprint density at radius 2 is 2.04 bits per heavy atom. The van der Waals surface area contributed by atoms with Crippen LogP contribution in [0.15, 0.2) is 24.3 Å². The molecule has 0 aliphatic carbocycles. The van der Waals surface area contributed by atoms with Crippen molar-refractivity contribution in [2.75, 3.05) is 13.7 Å². The van der Waals surface area contributed by atoms with Gasteiger partial charge in [-0.3, -0.25) is 10.1 Å². The highest BCUT2D eigenvalue weighted by atomic mass is 32.1. The number of fused-ring (bicyclic) bond motifs is 1. The number of benzene rings is 1. The quantitative estimate of drug-likeness (QED) is 0.788. The zero-order valence-electron chi connectivity index (χ0n) is 13.1. The number of rotatable bonds is 6. The zero-order valence-corrected chi connectivity index (χ0v) is 13.9. The summed E-state index contributed by atoms with van der Waals surface area (Å²) in [6.07, 6.45) is -2.06. The minimum absolute atomic E-state index is 0.164. The fourth-order valence-corrected chi connectivity index (χ4v) is 2.65. The highest BCUT2D eigenvalue weighted by Crippen LogP contribution is 2.21. The third kappa shape index (κ3) is 5.00. The highest BCUT2D eigenvalue weighted by Gasteiger charge is 2.20. The van der Waals surface area contributed by atoms with Gasteiger partial charge in [0.15, 0.2) is 6.10 Å². The number of hydrogen-bond acceptors (Lipinski definition) is 8. The average Bonchev–Trinajstić information content (AvgIpc) is 2.97. The van der Waals surface area contributed by atoms with Crippen LogP contribution < -0.4 is 5.32 Å². The van der Waals surface area contributed by atoms with Crippen LogP contribution in [0.5, 0.6) is 0 Å². The summed E-state index contributed by atoms with van der Waals surface area (Å²) in [6.45, 7) is 1.17. The van der Waals surface area contributed by atoms with E-state index in [4.69, 9.17) is 9.47 Å². The molecule has 1 aromatic heterocycles. The Labute approximate surface area is 141 Å². The summed E-state index contributed by atoms with van der Waals surface area (Å²) < 4.78 is 15.4. The standard InChI is InChI=1S/C15H16N2O6S/c1-9(14(19)17-15(20)21-2)23-13(18)8-22-7-12-16-10-5-3-4-6-11(10)24-12/h3-6,9H,7-8H2,1-2H3,(H,17,19,20)/t9-/m0/s1. The highest BCUT2D eigenvalue weighted by molar-refractivity contribution is 7.18. The lowest BCUT2D eigenvalue weighted by Crippen LogP contribution is -2.39. The van der Waals surface area contributed by atoms with Gasteiger partial charge in [0.05, 0.1) is 23.9 Å². The van der Waals surface area contributed by atoms with Gasteiger partial charge in [-0.2, -0.15) is 0 Å². The Morgan fingerprint density at radius 1 is 1.29 bits per heavy atom. The number of hydrogen-bond donors (Lipinski definition) is 1. The molecule has 8 nitrogen and oxygen atoms in total. The molecule has 0 aliphatic heterocycles. The number of esters is 1. The summed E-state index contributed by atoms with van der Waals surface area (Å²) >= 11 is 1.47. The maximum absolute atomic E-state index is 11.6. The van der Waals surface area contributed by atoms with E-state index in [0.717, 1.165) is 22.3 Å². The molecule has 0 unspecified atom stereocenters. The van der Waals surface area contributed by atoms with Crippen molar-refractivity contribution >= 4 is 39.5 Å². The Hall–Kier alpha value is -2.52. The summed E-state index contributed by atoms with van der Waals surface area (Å²) in [5.41, 5.74) is 0.872. The van der Waals surface area contributed by atoms with Crippen LogP contribution in [0.1, 0.15) is 11.9 Å². The normalized spacial score (nSPS) is 11.8. The van der Waals surface area contributed by atoms with Gasteiger partial charge in [0.2, 0.25) is 0 Å². The number of para-hydroxylation sites is 1.